The molecule has 2 heterocycles. The van der Waals surface area contributed by atoms with Crippen molar-refractivity contribution >= 4 is 28.8 Å². The van der Waals surface area contributed by atoms with E-state index in [1.165, 1.54) is 11.3 Å². The van der Waals surface area contributed by atoms with E-state index in [0.717, 1.165) is 16.3 Å². The third kappa shape index (κ3) is 2.18. The van der Waals surface area contributed by atoms with Crippen LogP contribution in [0.4, 0.5) is 5.69 Å². The number of aryl methyl sites for hydroxylation is 2. The summed E-state index contributed by atoms with van der Waals surface area (Å²) >= 11 is 1.37. The predicted molar refractivity (Wildman–Crippen MR) is 77.2 cm³/mol. The lowest BCUT2D eigenvalue weighted by Gasteiger charge is -2.05. The molecule has 0 saturated carbocycles. The van der Waals surface area contributed by atoms with Crippen LogP contribution in [-0.4, -0.2) is 16.8 Å². The van der Waals surface area contributed by atoms with Gasteiger partial charge >= 0.3 is 0 Å². The summed E-state index contributed by atoms with van der Waals surface area (Å²) in [6, 6.07) is 5.37. The molecule has 6 heteroatoms. The average molecular weight is 287 g/mol. The van der Waals surface area contributed by atoms with Gasteiger partial charge in [-0.25, -0.2) is 4.98 Å². The van der Waals surface area contributed by atoms with Gasteiger partial charge in [-0.1, -0.05) is 6.07 Å². The van der Waals surface area contributed by atoms with E-state index < -0.39 is 0 Å². The summed E-state index contributed by atoms with van der Waals surface area (Å²) in [5.74, 6) is -0.285. The molecule has 0 spiro atoms. The molecular weight excluding hydrogens is 274 g/mol. The first-order valence-electron chi connectivity index (χ1n) is 6.21. The van der Waals surface area contributed by atoms with E-state index in [0.29, 0.717) is 22.7 Å². The summed E-state index contributed by atoms with van der Waals surface area (Å²) < 4.78 is 0. The minimum absolute atomic E-state index is 0.0964. The standard InChI is InChI=1S/C14H13N3O2S/c1-7-12(20-8(2)16-7)14(19)17-10-4-3-9-6-15-13(18)11(9)5-10/h3-5H,6H2,1-2H3,(H,15,18)(H,17,19). The number of carbonyl (C=O) groups excluding carboxylic acids is 2. The second-order valence-electron chi connectivity index (χ2n) is 4.66. The lowest BCUT2D eigenvalue weighted by Crippen LogP contribution is -2.13. The van der Waals surface area contributed by atoms with Crippen molar-refractivity contribution in [2.24, 2.45) is 0 Å². The first-order valence-corrected chi connectivity index (χ1v) is 7.03. The Kier molecular flexibility index (Phi) is 3.02. The van der Waals surface area contributed by atoms with Crippen LogP contribution in [-0.2, 0) is 6.54 Å². The number of hydrogen-bond donors (Lipinski definition) is 2. The Hall–Kier alpha value is -2.21. The number of thiazole rings is 1. The molecule has 2 aromatic rings. The number of aromatic nitrogens is 1. The van der Waals surface area contributed by atoms with Gasteiger partial charge in [-0.15, -0.1) is 11.3 Å². The molecular formula is C14H13N3O2S. The molecule has 0 radical (unpaired) electrons. The molecule has 2 amide bonds. The van der Waals surface area contributed by atoms with Crippen LogP contribution in [0.2, 0.25) is 0 Å². The number of hydrogen-bond acceptors (Lipinski definition) is 4. The zero-order chi connectivity index (χ0) is 14.3. The van der Waals surface area contributed by atoms with Gasteiger partial charge in [0.1, 0.15) is 4.88 Å². The smallest absolute Gasteiger partial charge is 0.267 e. The van der Waals surface area contributed by atoms with E-state index in [1.54, 1.807) is 12.1 Å². The number of nitrogens with zero attached hydrogens (tertiary/aromatic N) is 1. The van der Waals surface area contributed by atoms with Gasteiger partial charge in [-0.05, 0) is 31.5 Å². The molecule has 1 aromatic heterocycles. The van der Waals surface area contributed by atoms with E-state index in [2.05, 4.69) is 15.6 Å². The summed E-state index contributed by atoms with van der Waals surface area (Å²) in [6.07, 6.45) is 0. The highest BCUT2D eigenvalue weighted by Gasteiger charge is 2.20. The Balaban J connectivity index is 1.85. The Morgan fingerprint density at radius 1 is 1.40 bits per heavy atom. The van der Waals surface area contributed by atoms with E-state index in [4.69, 9.17) is 0 Å². The normalized spacial score (nSPS) is 13.0. The fourth-order valence-electron chi connectivity index (χ4n) is 2.22. The fourth-order valence-corrected chi connectivity index (χ4v) is 3.04. The maximum absolute atomic E-state index is 12.2. The second kappa shape index (κ2) is 4.72. The molecule has 3 rings (SSSR count). The van der Waals surface area contributed by atoms with Crippen molar-refractivity contribution in [3.63, 3.8) is 0 Å². The van der Waals surface area contributed by atoms with Crippen LogP contribution in [0.25, 0.3) is 0 Å². The molecule has 0 fully saturated rings. The van der Waals surface area contributed by atoms with Crippen molar-refractivity contribution < 1.29 is 9.59 Å². The van der Waals surface area contributed by atoms with Gasteiger partial charge in [0, 0.05) is 17.8 Å². The highest BCUT2D eigenvalue weighted by Crippen LogP contribution is 2.22. The van der Waals surface area contributed by atoms with Crippen molar-refractivity contribution in [2.75, 3.05) is 5.32 Å². The van der Waals surface area contributed by atoms with Gasteiger partial charge in [0.2, 0.25) is 0 Å². The first-order chi connectivity index (χ1) is 9.54. The van der Waals surface area contributed by atoms with Crippen molar-refractivity contribution in [1.29, 1.82) is 0 Å². The van der Waals surface area contributed by atoms with Crippen LogP contribution in [0.1, 0.15) is 36.3 Å². The number of benzene rings is 1. The Morgan fingerprint density at radius 2 is 2.20 bits per heavy atom. The highest BCUT2D eigenvalue weighted by atomic mass is 32.1. The Bertz CT molecular complexity index is 721. The predicted octanol–water partition coefficient (Wildman–Crippen LogP) is 2.26. The van der Waals surface area contributed by atoms with Gasteiger partial charge in [-0.3, -0.25) is 9.59 Å². The van der Waals surface area contributed by atoms with Crippen molar-refractivity contribution in [3.8, 4) is 0 Å². The lowest BCUT2D eigenvalue weighted by atomic mass is 10.1. The number of fused-ring (bicyclic) bond motifs is 1. The topological polar surface area (TPSA) is 71.1 Å². The molecule has 0 aliphatic carbocycles. The Labute approximate surface area is 120 Å². The van der Waals surface area contributed by atoms with E-state index in [-0.39, 0.29) is 11.8 Å². The number of nitrogens with one attached hydrogen (secondary N) is 2. The fraction of sp³-hybridized carbons (Fsp3) is 0.214. The zero-order valence-corrected chi connectivity index (χ0v) is 11.9. The number of carbonyl (C=O) groups is 2. The van der Waals surface area contributed by atoms with Crippen LogP contribution in [0.15, 0.2) is 18.2 Å². The molecule has 20 heavy (non-hydrogen) atoms. The highest BCUT2D eigenvalue weighted by molar-refractivity contribution is 7.13. The van der Waals surface area contributed by atoms with Crippen molar-refractivity contribution in [2.45, 2.75) is 20.4 Å². The summed E-state index contributed by atoms with van der Waals surface area (Å²) in [6.45, 7) is 4.23. The molecule has 0 bridgehead atoms. The van der Waals surface area contributed by atoms with Gasteiger partial charge < -0.3 is 10.6 Å². The Morgan fingerprint density at radius 3 is 2.90 bits per heavy atom. The van der Waals surface area contributed by atoms with Crippen LogP contribution < -0.4 is 10.6 Å². The van der Waals surface area contributed by atoms with Crippen molar-refractivity contribution in [3.05, 3.63) is 44.9 Å². The summed E-state index contributed by atoms with van der Waals surface area (Å²) in [5, 5.41) is 6.43. The zero-order valence-electron chi connectivity index (χ0n) is 11.1. The molecule has 0 unspecified atom stereocenters. The van der Waals surface area contributed by atoms with Gasteiger partial charge in [0.25, 0.3) is 11.8 Å². The molecule has 0 saturated heterocycles. The van der Waals surface area contributed by atoms with Crippen LogP contribution in [0, 0.1) is 13.8 Å². The monoisotopic (exact) mass is 287 g/mol. The number of amides is 2. The lowest BCUT2D eigenvalue weighted by molar-refractivity contribution is 0.0964. The number of rotatable bonds is 2. The molecule has 102 valence electrons. The van der Waals surface area contributed by atoms with Crippen molar-refractivity contribution in [1.82, 2.24) is 10.3 Å². The van der Waals surface area contributed by atoms with Gasteiger partial charge in [0.15, 0.2) is 0 Å². The van der Waals surface area contributed by atoms with Gasteiger partial charge in [-0.2, -0.15) is 0 Å². The van der Waals surface area contributed by atoms with Crippen LogP contribution in [0.3, 0.4) is 0 Å². The largest absolute Gasteiger partial charge is 0.348 e. The quantitative estimate of drug-likeness (QED) is 0.890. The van der Waals surface area contributed by atoms with E-state index >= 15 is 0 Å². The summed E-state index contributed by atoms with van der Waals surface area (Å²) in [5.41, 5.74) is 2.93. The van der Waals surface area contributed by atoms with E-state index in [1.807, 2.05) is 19.9 Å². The van der Waals surface area contributed by atoms with Gasteiger partial charge in [0.05, 0.1) is 10.7 Å². The maximum Gasteiger partial charge on any atom is 0.267 e. The third-order valence-electron chi connectivity index (χ3n) is 3.16. The molecule has 0 atom stereocenters. The molecule has 5 nitrogen and oxygen atoms in total. The molecule has 2 N–H and O–H groups in total. The summed E-state index contributed by atoms with van der Waals surface area (Å²) in [4.78, 5) is 28.6. The number of anilines is 1. The molecule has 1 aliphatic rings. The first kappa shape index (κ1) is 12.8. The minimum atomic E-state index is -0.188. The molecule has 1 aliphatic heterocycles. The second-order valence-corrected chi connectivity index (χ2v) is 5.86. The minimum Gasteiger partial charge on any atom is -0.348 e. The summed E-state index contributed by atoms with van der Waals surface area (Å²) in [7, 11) is 0. The maximum atomic E-state index is 12.2. The third-order valence-corrected chi connectivity index (χ3v) is 4.23. The molecule has 1 aromatic carbocycles. The SMILES string of the molecule is Cc1nc(C)c(C(=O)Nc2ccc3c(c2)C(=O)NC3)s1. The van der Waals surface area contributed by atoms with Crippen LogP contribution in [0.5, 0.6) is 0 Å². The van der Waals surface area contributed by atoms with E-state index in [9.17, 15) is 9.59 Å². The average Bonchev–Trinajstić information content (AvgIpc) is 2.93. The van der Waals surface area contributed by atoms with Crippen LogP contribution >= 0.6 is 11.3 Å².